The van der Waals surface area contributed by atoms with Gasteiger partial charge in [0.1, 0.15) is 0 Å². The fourth-order valence-electron chi connectivity index (χ4n) is 2.13. The van der Waals surface area contributed by atoms with Crippen LogP contribution < -0.4 is 4.90 Å². The molecule has 1 heterocycles. The predicted octanol–water partition coefficient (Wildman–Crippen LogP) is 2.49. The lowest BCUT2D eigenvalue weighted by Crippen LogP contribution is -2.36. The summed E-state index contributed by atoms with van der Waals surface area (Å²) in [5, 5.41) is 0. The average Bonchev–Trinajstić information content (AvgIpc) is 2.49. The van der Waals surface area contributed by atoms with Gasteiger partial charge in [0.05, 0.1) is 26.2 Å². The molecule has 4 heteroatoms. The highest BCUT2D eigenvalue weighted by molar-refractivity contribution is 5.72. The van der Waals surface area contributed by atoms with Crippen LogP contribution in [-0.4, -0.2) is 38.9 Å². The van der Waals surface area contributed by atoms with Gasteiger partial charge in [-0.05, 0) is 24.6 Å². The first-order valence-electron chi connectivity index (χ1n) is 7.04. The Bertz CT molecular complexity index is 447. The Labute approximate surface area is 120 Å². The number of morpholine rings is 1. The number of anilines is 1. The molecule has 0 saturated carbocycles. The monoisotopic (exact) mass is 275 g/mol. The molecule has 0 aliphatic carbocycles. The predicted molar refractivity (Wildman–Crippen MR) is 79.8 cm³/mol. The average molecular weight is 275 g/mol. The summed E-state index contributed by atoms with van der Waals surface area (Å²) in [6.07, 6.45) is 4.10. The Morgan fingerprint density at radius 3 is 2.65 bits per heavy atom. The number of esters is 1. The molecule has 0 radical (unpaired) electrons. The minimum atomic E-state index is -0.186. The standard InChI is InChI=1S/C16H21NO3/c1-2-20-16(18)5-3-4-14-6-8-15(9-7-14)17-10-12-19-13-11-17/h3-4,6-9H,2,5,10-13H2,1H3. The molecule has 1 aromatic carbocycles. The maximum absolute atomic E-state index is 11.2. The van der Waals surface area contributed by atoms with Gasteiger partial charge >= 0.3 is 5.97 Å². The first kappa shape index (κ1) is 14.6. The number of carbonyl (C=O) groups is 1. The second kappa shape index (κ2) is 7.70. The Balaban J connectivity index is 1.87. The molecule has 1 aliphatic rings. The van der Waals surface area contributed by atoms with Crippen molar-refractivity contribution in [1.29, 1.82) is 0 Å². The van der Waals surface area contributed by atoms with Gasteiger partial charge in [0, 0.05) is 18.8 Å². The quantitative estimate of drug-likeness (QED) is 0.774. The molecule has 0 atom stereocenters. The molecule has 0 aromatic heterocycles. The molecule has 0 N–H and O–H groups in total. The highest BCUT2D eigenvalue weighted by atomic mass is 16.5. The van der Waals surface area contributed by atoms with Crippen LogP contribution in [0.15, 0.2) is 30.3 Å². The minimum absolute atomic E-state index is 0.186. The molecule has 20 heavy (non-hydrogen) atoms. The van der Waals surface area contributed by atoms with Crippen molar-refractivity contribution in [2.24, 2.45) is 0 Å². The van der Waals surface area contributed by atoms with Gasteiger partial charge in [-0.15, -0.1) is 0 Å². The molecule has 1 fully saturated rings. The molecule has 0 spiro atoms. The summed E-state index contributed by atoms with van der Waals surface area (Å²) in [5.41, 5.74) is 2.31. The van der Waals surface area contributed by atoms with Crippen LogP contribution in [0.3, 0.4) is 0 Å². The molecule has 1 saturated heterocycles. The zero-order valence-corrected chi connectivity index (χ0v) is 11.9. The van der Waals surface area contributed by atoms with Gasteiger partial charge in [0.25, 0.3) is 0 Å². The number of hydrogen-bond donors (Lipinski definition) is 0. The molecular formula is C16H21NO3. The van der Waals surface area contributed by atoms with Crippen LogP contribution in [0.2, 0.25) is 0 Å². The molecule has 1 aromatic rings. The fraction of sp³-hybridized carbons (Fsp3) is 0.438. The van der Waals surface area contributed by atoms with Gasteiger partial charge in [-0.1, -0.05) is 24.3 Å². The van der Waals surface area contributed by atoms with Gasteiger partial charge in [0.2, 0.25) is 0 Å². The third-order valence-corrected chi connectivity index (χ3v) is 3.17. The van der Waals surface area contributed by atoms with E-state index in [-0.39, 0.29) is 5.97 Å². The van der Waals surface area contributed by atoms with Crippen LogP contribution in [0.4, 0.5) is 5.69 Å². The van der Waals surface area contributed by atoms with E-state index >= 15 is 0 Å². The molecule has 4 nitrogen and oxygen atoms in total. The van der Waals surface area contributed by atoms with E-state index in [1.54, 1.807) is 0 Å². The second-order valence-electron chi connectivity index (χ2n) is 4.60. The summed E-state index contributed by atoms with van der Waals surface area (Å²) in [6, 6.07) is 8.34. The van der Waals surface area contributed by atoms with E-state index in [0.29, 0.717) is 13.0 Å². The topological polar surface area (TPSA) is 38.8 Å². The van der Waals surface area contributed by atoms with Crippen LogP contribution in [0.5, 0.6) is 0 Å². The Kier molecular flexibility index (Phi) is 5.62. The van der Waals surface area contributed by atoms with Crippen molar-refractivity contribution < 1.29 is 14.3 Å². The Morgan fingerprint density at radius 1 is 1.30 bits per heavy atom. The number of benzene rings is 1. The SMILES string of the molecule is CCOC(=O)CC=Cc1ccc(N2CCOCC2)cc1. The van der Waals surface area contributed by atoms with Crippen molar-refractivity contribution in [3.05, 3.63) is 35.9 Å². The van der Waals surface area contributed by atoms with Gasteiger partial charge < -0.3 is 14.4 Å². The lowest BCUT2D eigenvalue weighted by molar-refractivity contribution is -0.142. The van der Waals surface area contributed by atoms with Crippen molar-refractivity contribution in [2.45, 2.75) is 13.3 Å². The lowest BCUT2D eigenvalue weighted by atomic mass is 10.1. The first-order chi connectivity index (χ1) is 9.79. The van der Waals surface area contributed by atoms with Crippen molar-refractivity contribution in [1.82, 2.24) is 0 Å². The van der Waals surface area contributed by atoms with Crippen molar-refractivity contribution in [3.8, 4) is 0 Å². The molecule has 0 amide bonds. The van der Waals surface area contributed by atoms with Crippen molar-refractivity contribution in [3.63, 3.8) is 0 Å². The zero-order chi connectivity index (χ0) is 14.2. The highest BCUT2D eigenvalue weighted by Gasteiger charge is 2.10. The minimum Gasteiger partial charge on any atom is -0.466 e. The van der Waals surface area contributed by atoms with Crippen molar-refractivity contribution in [2.75, 3.05) is 37.8 Å². The number of carbonyl (C=O) groups excluding carboxylic acids is 1. The summed E-state index contributed by atoms with van der Waals surface area (Å²) in [6.45, 7) is 5.71. The van der Waals surface area contributed by atoms with Crippen LogP contribution in [0.25, 0.3) is 6.08 Å². The first-order valence-corrected chi connectivity index (χ1v) is 7.04. The highest BCUT2D eigenvalue weighted by Crippen LogP contribution is 2.17. The molecule has 0 bridgehead atoms. The maximum atomic E-state index is 11.2. The third kappa shape index (κ3) is 4.38. The van der Waals surface area contributed by atoms with Crippen LogP contribution in [0, 0.1) is 0 Å². The van der Waals surface area contributed by atoms with E-state index in [9.17, 15) is 4.79 Å². The number of rotatable bonds is 5. The number of hydrogen-bond acceptors (Lipinski definition) is 4. The van der Waals surface area contributed by atoms with Crippen LogP contribution >= 0.6 is 0 Å². The van der Waals surface area contributed by atoms with Crippen LogP contribution in [-0.2, 0) is 14.3 Å². The fourth-order valence-corrected chi connectivity index (χ4v) is 2.13. The van der Waals surface area contributed by atoms with E-state index in [4.69, 9.17) is 9.47 Å². The summed E-state index contributed by atoms with van der Waals surface area (Å²) in [4.78, 5) is 13.5. The van der Waals surface area contributed by atoms with Gasteiger partial charge in [-0.2, -0.15) is 0 Å². The lowest BCUT2D eigenvalue weighted by Gasteiger charge is -2.28. The van der Waals surface area contributed by atoms with Gasteiger partial charge in [0.15, 0.2) is 0 Å². The normalized spacial score (nSPS) is 15.6. The third-order valence-electron chi connectivity index (χ3n) is 3.17. The second-order valence-corrected chi connectivity index (χ2v) is 4.60. The van der Waals surface area contributed by atoms with E-state index in [2.05, 4.69) is 29.2 Å². The van der Waals surface area contributed by atoms with E-state index in [1.165, 1.54) is 5.69 Å². The zero-order valence-electron chi connectivity index (χ0n) is 11.9. The molecular weight excluding hydrogens is 254 g/mol. The Hall–Kier alpha value is -1.81. The largest absolute Gasteiger partial charge is 0.466 e. The summed E-state index contributed by atoms with van der Waals surface area (Å²) >= 11 is 0. The molecule has 0 unspecified atom stereocenters. The van der Waals surface area contributed by atoms with Crippen LogP contribution in [0.1, 0.15) is 18.9 Å². The summed E-state index contributed by atoms with van der Waals surface area (Å²) < 4.78 is 10.2. The van der Waals surface area contributed by atoms with E-state index < -0.39 is 0 Å². The summed E-state index contributed by atoms with van der Waals surface area (Å²) in [5.74, 6) is -0.186. The molecule has 2 rings (SSSR count). The van der Waals surface area contributed by atoms with Gasteiger partial charge in [-0.3, -0.25) is 4.79 Å². The molecule has 1 aliphatic heterocycles. The van der Waals surface area contributed by atoms with E-state index in [1.807, 2.05) is 19.1 Å². The number of nitrogens with zero attached hydrogens (tertiary/aromatic N) is 1. The maximum Gasteiger partial charge on any atom is 0.309 e. The smallest absolute Gasteiger partial charge is 0.309 e. The van der Waals surface area contributed by atoms with E-state index in [0.717, 1.165) is 31.9 Å². The Morgan fingerprint density at radius 2 is 2.00 bits per heavy atom. The van der Waals surface area contributed by atoms with Crippen molar-refractivity contribution >= 4 is 17.7 Å². The summed E-state index contributed by atoms with van der Waals surface area (Å²) in [7, 11) is 0. The molecule has 108 valence electrons. The number of ether oxygens (including phenoxy) is 2. The van der Waals surface area contributed by atoms with Gasteiger partial charge in [-0.25, -0.2) is 0 Å².